The number of β-amino-alcohol motifs (C(OH)–C–C–N with tert-alkyl or cyclic N) is 1. The number of likely N-dealkylation sites (tertiary alicyclic amines) is 2. The smallest absolute Gasteiger partial charge is 0.256 e. The Bertz CT molecular complexity index is 1670. The topological polar surface area (TPSA) is 106 Å². The van der Waals surface area contributed by atoms with Crippen LogP contribution in [-0.2, 0) is 32.6 Å². The molecule has 3 aromatic rings. The van der Waals surface area contributed by atoms with Crippen LogP contribution in [0.5, 0.6) is 0 Å². The van der Waals surface area contributed by atoms with E-state index < -0.39 is 10.8 Å². The molecule has 3 N–H and O–H groups in total. The van der Waals surface area contributed by atoms with E-state index in [4.69, 9.17) is 23.2 Å². The molecule has 44 heavy (non-hydrogen) atoms. The Hall–Kier alpha value is -2.95. The number of nitrogens with one attached hydrogen (secondary N) is 2. The maximum absolute atomic E-state index is 13.5. The number of aryl methyl sites for hydroxylation is 1. The average Bonchev–Trinajstić information content (AvgIpc) is 3.75. The lowest BCUT2D eigenvalue weighted by atomic mass is 10.0. The number of benzene rings is 2. The van der Waals surface area contributed by atoms with Crippen LogP contribution in [0.1, 0.15) is 52.9 Å². The number of halogens is 2. The number of fused-ring (bicyclic) bond motifs is 1. The third-order valence-corrected chi connectivity index (χ3v) is 11.1. The number of aromatic amines is 1. The second-order valence-electron chi connectivity index (χ2n) is 11.9. The molecule has 0 saturated carbocycles. The summed E-state index contributed by atoms with van der Waals surface area (Å²) < 4.78 is 13.3. The number of H-pyrrole nitrogens is 1. The minimum atomic E-state index is -1.44. The van der Waals surface area contributed by atoms with Crippen LogP contribution in [0.3, 0.4) is 0 Å². The van der Waals surface area contributed by atoms with Crippen LogP contribution in [0, 0.1) is 13.8 Å². The Labute approximate surface area is 269 Å². The van der Waals surface area contributed by atoms with Gasteiger partial charge in [0.2, 0.25) is 5.91 Å². The van der Waals surface area contributed by atoms with Gasteiger partial charge in [-0.15, -0.1) is 0 Å². The SMILES string of the molecule is Cc1[nH]c(/C=C2\C(=O)Nc3ccc(S(=O)Cc4c(Cl)cccc4Cl)cc32)c(C)c1CC(=O)N1CCC[C@H]1CN1CC[C@@H](O)C1. The van der Waals surface area contributed by atoms with Crippen molar-refractivity contribution in [1.29, 1.82) is 0 Å². The van der Waals surface area contributed by atoms with Crippen molar-refractivity contribution in [3.05, 3.63) is 80.1 Å². The van der Waals surface area contributed by atoms with Gasteiger partial charge in [-0.2, -0.15) is 0 Å². The zero-order valence-electron chi connectivity index (χ0n) is 24.8. The number of carbonyl (C=O) groups excluding carboxylic acids is 2. The lowest BCUT2D eigenvalue weighted by Crippen LogP contribution is -2.43. The van der Waals surface area contributed by atoms with E-state index >= 15 is 0 Å². The van der Waals surface area contributed by atoms with Gasteiger partial charge >= 0.3 is 0 Å². The van der Waals surface area contributed by atoms with Gasteiger partial charge < -0.3 is 20.3 Å². The minimum absolute atomic E-state index is 0.103. The van der Waals surface area contributed by atoms with Crippen LogP contribution in [0.2, 0.25) is 10.0 Å². The lowest BCUT2D eigenvalue weighted by molar-refractivity contribution is -0.131. The number of aliphatic hydroxyl groups excluding tert-OH is 1. The summed E-state index contributed by atoms with van der Waals surface area (Å²) >= 11 is 12.6. The summed E-state index contributed by atoms with van der Waals surface area (Å²) in [6.07, 6.45) is 4.59. The van der Waals surface area contributed by atoms with Gasteiger partial charge in [-0.25, -0.2) is 0 Å². The average molecular weight is 656 g/mol. The normalized spacial score (nSPS) is 21.7. The van der Waals surface area contributed by atoms with E-state index in [9.17, 15) is 18.9 Å². The van der Waals surface area contributed by atoms with E-state index in [1.165, 1.54) is 0 Å². The van der Waals surface area contributed by atoms with E-state index in [2.05, 4.69) is 15.2 Å². The molecule has 0 spiro atoms. The summed E-state index contributed by atoms with van der Waals surface area (Å²) in [7, 11) is -1.44. The molecule has 1 unspecified atom stereocenters. The van der Waals surface area contributed by atoms with Crippen molar-refractivity contribution >= 4 is 63.2 Å². The number of nitrogens with zero attached hydrogens (tertiary/aromatic N) is 2. The van der Waals surface area contributed by atoms with E-state index in [1.54, 1.807) is 36.4 Å². The Morgan fingerprint density at radius 2 is 1.89 bits per heavy atom. The number of anilines is 1. The number of aromatic nitrogens is 1. The van der Waals surface area contributed by atoms with Crippen molar-refractivity contribution in [2.75, 3.05) is 31.5 Å². The molecule has 0 radical (unpaired) electrons. The number of carbonyl (C=O) groups is 2. The molecule has 3 aliphatic heterocycles. The molecule has 3 atom stereocenters. The molecular formula is C33H36Cl2N4O4S. The first kappa shape index (κ1) is 31.0. The zero-order valence-corrected chi connectivity index (χ0v) is 27.1. The van der Waals surface area contributed by atoms with E-state index in [0.29, 0.717) is 43.9 Å². The second-order valence-corrected chi connectivity index (χ2v) is 14.2. The number of rotatable bonds is 8. The molecule has 11 heteroatoms. The van der Waals surface area contributed by atoms with Gasteiger partial charge in [-0.1, -0.05) is 29.3 Å². The van der Waals surface area contributed by atoms with Gasteiger partial charge in [-0.3, -0.25) is 18.7 Å². The Balaban J connectivity index is 1.21. The quantitative estimate of drug-likeness (QED) is 0.285. The first-order chi connectivity index (χ1) is 21.1. The van der Waals surface area contributed by atoms with Crippen LogP contribution in [-0.4, -0.2) is 74.2 Å². The third kappa shape index (κ3) is 6.26. The van der Waals surface area contributed by atoms with Crippen molar-refractivity contribution in [2.45, 2.75) is 62.3 Å². The van der Waals surface area contributed by atoms with Crippen LogP contribution < -0.4 is 5.32 Å². The van der Waals surface area contributed by atoms with Gasteiger partial charge in [-0.05, 0) is 80.6 Å². The highest BCUT2D eigenvalue weighted by Crippen LogP contribution is 2.36. The number of amides is 2. The summed E-state index contributed by atoms with van der Waals surface area (Å²) in [5.41, 5.74) is 5.93. The van der Waals surface area contributed by atoms with Crippen LogP contribution in [0.25, 0.3) is 11.6 Å². The minimum Gasteiger partial charge on any atom is -0.392 e. The molecule has 232 valence electrons. The molecule has 4 heterocycles. The molecule has 1 aromatic heterocycles. The third-order valence-electron chi connectivity index (χ3n) is 9.04. The Kier molecular flexibility index (Phi) is 9.04. The fraction of sp³-hybridized carbons (Fsp3) is 0.394. The highest BCUT2D eigenvalue weighted by Gasteiger charge is 2.33. The summed E-state index contributed by atoms with van der Waals surface area (Å²) in [6, 6.07) is 10.6. The number of aliphatic hydroxyl groups is 1. The van der Waals surface area contributed by atoms with Crippen molar-refractivity contribution in [1.82, 2.24) is 14.8 Å². The van der Waals surface area contributed by atoms with Crippen LogP contribution >= 0.6 is 23.2 Å². The van der Waals surface area contributed by atoms with Crippen molar-refractivity contribution in [3.63, 3.8) is 0 Å². The summed E-state index contributed by atoms with van der Waals surface area (Å²) in [6.45, 7) is 7.03. The standard InChI is InChI=1S/C33H36Cl2N4O4S/c1-19-24(15-32(41)39-11-4-5-21(39)16-38-12-10-22(40)17-38)20(2)36-31(19)14-26-25-13-23(8-9-30(25)37-33(26)42)44(43)18-27-28(34)6-3-7-29(27)35/h3,6-9,13-14,21-22,36,40H,4-5,10-12,15-18H2,1-2H3,(H,37,42)/b26-14-/t21-,22+,44?/m0/s1. The van der Waals surface area contributed by atoms with Gasteiger partial charge in [0.1, 0.15) is 0 Å². The Morgan fingerprint density at radius 3 is 2.61 bits per heavy atom. The van der Waals surface area contributed by atoms with Crippen molar-refractivity contribution in [2.24, 2.45) is 0 Å². The molecule has 2 saturated heterocycles. The van der Waals surface area contributed by atoms with Gasteiger partial charge in [0.15, 0.2) is 0 Å². The van der Waals surface area contributed by atoms with Crippen molar-refractivity contribution < 1.29 is 18.9 Å². The van der Waals surface area contributed by atoms with E-state index in [0.717, 1.165) is 61.4 Å². The van der Waals surface area contributed by atoms with Crippen molar-refractivity contribution in [3.8, 4) is 0 Å². The zero-order chi connectivity index (χ0) is 31.1. The predicted molar refractivity (Wildman–Crippen MR) is 175 cm³/mol. The largest absolute Gasteiger partial charge is 0.392 e. The summed E-state index contributed by atoms with van der Waals surface area (Å²) in [4.78, 5) is 34.8. The van der Waals surface area contributed by atoms with Gasteiger partial charge in [0.05, 0.1) is 34.7 Å². The van der Waals surface area contributed by atoms with E-state index in [1.807, 2.05) is 24.8 Å². The molecule has 2 fully saturated rings. The molecule has 0 aliphatic carbocycles. The monoisotopic (exact) mass is 654 g/mol. The lowest BCUT2D eigenvalue weighted by Gasteiger charge is -2.28. The fourth-order valence-corrected chi connectivity index (χ4v) is 8.49. The molecule has 2 amide bonds. The predicted octanol–water partition coefficient (Wildman–Crippen LogP) is 5.34. The maximum Gasteiger partial charge on any atom is 0.256 e. The molecule has 3 aliphatic rings. The van der Waals surface area contributed by atoms with Gasteiger partial charge in [0, 0.05) is 75.4 Å². The second kappa shape index (κ2) is 12.8. The molecule has 6 rings (SSSR count). The molecule has 8 nitrogen and oxygen atoms in total. The molecule has 2 aromatic carbocycles. The summed E-state index contributed by atoms with van der Waals surface area (Å²) in [5, 5.41) is 13.7. The highest BCUT2D eigenvalue weighted by atomic mass is 35.5. The Morgan fingerprint density at radius 1 is 1.11 bits per heavy atom. The first-order valence-electron chi connectivity index (χ1n) is 15.0. The number of hydrogen-bond donors (Lipinski definition) is 3. The summed E-state index contributed by atoms with van der Waals surface area (Å²) in [5.74, 6) is 0.0154. The van der Waals surface area contributed by atoms with Gasteiger partial charge in [0.25, 0.3) is 5.91 Å². The highest BCUT2D eigenvalue weighted by molar-refractivity contribution is 7.84. The first-order valence-corrected chi connectivity index (χ1v) is 17.0. The fourth-order valence-electron chi connectivity index (χ4n) is 6.59. The molecular weight excluding hydrogens is 619 g/mol. The van der Waals surface area contributed by atoms with Crippen LogP contribution in [0.4, 0.5) is 5.69 Å². The maximum atomic E-state index is 13.5. The molecule has 0 bridgehead atoms. The number of hydrogen-bond acceptors (Lipinski definition) is 5. The van der Waals surface area contributed by atoms with E-state index in [-0.39, 0.29) is 36.1 Å². The van der Waals surface area contributed by atoms with Crippen LogP contribution in [0.15, 0.2) is 41.3 Å².